The number of carbonyl (C=O) groups is 2. The summed E-state index contributed by atoms with van der Waals surface area (Å²) in [5.74, 6) is -0.397. The molecule has 0 saturated heterocycles. The van der Waals surface area contributed by atoms with Crippen molar-refractivity contribution in [2.24, 2.45) is 0 Å². The number of rotatable bonds is 5. The molecule has 25 heavy (non-hydrogen) atoms. The Morgan fingerprint density at radius 2 is 1.96 bits per heavy atom. The molecule has 0 aliphatic carbocycles. The summed E-state index contributed by atoms with van der Waals surface area (Å²) in [6.07, 6.45) is 1.24. The van der Waals surface area contributed by atoms with Crippen molar-refractivity contribution in [2.75, 3.05) is 11.9 Å². The van der Waals surface area contributed by atoms with Crippen molar-refractivity contribution < 1.29 is 9.59 Å². The largest absolute Gasteiger partial charge is 0.348 e. The second-order valence-electron chi connectivity index (χ2n) is 5.38. The van der Waals surface area contributed by atoms with Crippen molar-refractivity contribution in [1.82, 2.24) is 14.1 Å². The molecule has 0 saturated carbocycles. The average Bonchev–Trinajstić information content (AvgIpc) is 3.14. The fourth-order valence-corrected chi connectivity index (χ4v) is 2.95. The Morgan fingerprint density at radius 1 is 1.20 bits per heavy atom. The molecule has 3 rings (SSSR count). The van der Waals surface area contributed by atoms with Crippen LogP contribution in [0.4, 0.5) is 5.69 Å². The molecule has 0 aliphatic rings. The Morgan fingerprint density at radius 3 is 2.68 bits per heavy atom. The van der Waals surface area contributed by atoms with Crippen LogP contribution in [0.2, 0.25) is 0 Å². The summed E-state index contributed by atoms with van der Waals surface area (Å²) < 4.78 is 8.45. The molecule has 3 aromatic rings. The van der Waals surface area contributed by atoms with E-state index < -0.39 is 0 Å². The van der Waals surface area contributed by atoms with Crippen LogP contribution in [0.15, 0.2) is 55.1 Å². The highest BCUT2D eigenvalue weighted by Crippen LogP contribution is 2.17. The summed E-state index contributed by atoms with van der Waals surface area (Å²) in [7, 11) is 1.65. The Bertz CT molecular complexity index is 934. The molecular weight excluding hydrogens is 336 g/mol. The van der Waals surface area contributed by atoms with E-state index in [0.717, 1.165) is 28.3 Å². The maximum Gasteiger partial charge on any atom is 0.251 e. The lowest BCUT2D eigenvalue weighted by Gasteiger charge is -2.15. The van der Waals surface area contributed by atoms with Gasteiger partial charge in [0.1, 0.15) is 11.0 Å². The maximum atomic E-state index is 12.3. The second kappa shape index (κ2) is 7.23. The van der Waals surface area contributed by atoms with Crippen molar-refractivity contribution in [3.05, 3.63) is 66.2 Å². The van der Waals surface area contributed by atoms with E-state index in [9.17, 15) is 9.59 Å². The first-order valence-electron chi connectivity index (χ1n) is 7.58. The third-order valence-corrected chi connectivity index (χ3v) is 4.37. The third kappa shape index (κ3) is 3.56. The Labute approximate surface area is 149 Å². The fourth-order valence-electron chi connectivity index (χ4n) is 2.38. The quantitative estimate of drug-likeness (QED) is 0.717. The average molecular weight is 352 g/mol. The van der Waals surface area contributed by atoms with Crippen molar-refractivity contribution in [3.8, 4) is 0 Å². The van der Waals surface area contributed by atoms with Crippen molar-refractivity contribution in [3.63, 3.8) is 0 Å². The van der Waals surface area contributed by atoms with Crippen molar-refractivity contribution >= 4 is 40.3 Å². The van der Waals surface area contributed by atoms with Crippen LogP contribution in [-0.4, -0.2) is 27.6 Å². The van der Waals surface area contributed by atoms with Crippen LogP contribution < -0.4 is 10.2 Å². The lowest BCUT2D eigenvalue weighted by Crippen LogP contribution is -2.25. The van der Waals surface area contributed by atoms with E-state index in [-0.39, 0.29) is 11.8 Å². The molecule has 0 unspecified atom stereocenters. The van der Waals surface area contributed by atoms with Gasteiger partial charge in [-0.1, -0.05) is 18.7 Å². The fraction of sp³-hybridized carbons (Fsp3) is 0.111. The van der Waals surface area contributed by atoms with Crippen LogP contribution in [0.5, 0.6) is 0 Å². The first kappa shape index (κ1) is 16.8. The number of benzene rings is 2. The smallest absolute Gasteiger partial charge is 0.251 e. The van der Waals surface area contributed by atoms with Gasteiger partial charge in [-0.2, -0.15) is 8.75 Å². The summed E-state index contributed by atoms with van der Waals surface area (Å²) in [4.78, 5) is 25.4. The van der Waals surface area contributed by atoms with Gasteiger partial charge >= 0.3 is 0 Å². The molecule has 0 bridgehead atoms. The molecule has 126 valence electrons. The molecule has 6 nitrogen and oxygen atoms in total. The van der Waals surface area contributed by atoms with E-state index in [4.69, 9.17) is 0 Å². The molecule has 1 aromatic heterocycles. The topological polar surface area (TPSA) is 75.2 Å². The molecule has 1 N–H and O–H groups in total. The van der Waals surface area contributed by atoms with Gasteiger partial charge in [-0.3, -0.25) is 9.59 Å². The molecule has 2 amide bonds. The first-order valence-corrected chi connectivity index (χ1v) is 8.31. The molecular formula is C18H16N4O2S. The van der Waals surface area contributed by atoms with Gasteiger partial charge in [0.15, 0.2) is 0 Å². The van der Waals surface area contributed by atoms with E-state index in [2.05, 4.69) is 20.6 Å². The summed E-state index contributed by atoms with van der Waals surface area (Å²) in [5.41, 5.74) is 3.78. The molecule has 0 aliphatic heterocycles. The van der Waals surface area contributed by atoms with Gasteiger partial charge in [-0.15, -0.1) is 0 Å². The molecule has 0 radical (unpaired) electrons. The van der Waals surface area contributed by atoms with Crippen LogP contribution in [0.25, 0.3) is 11.0 Å². The number of aromatic nitrogens is 2. The highest BCUT2D eigenvalue weighted by atomic mass is 32.1. The Kier molecular flexibility index (Phi) is 4.85. The van der Waals surface area contributed by atoms with E-state index in [0.29, 0.717) is 17.8 Å². The van der Waals surface area contributed by atoms with Crippen LogP contribution in [0.1, 0.15) is 15.9 Å². The van der Waals surface area contributed by atoms with Gasteiger partial charge in [0, 0.05) is 30.4 Å². The van der Waals surface area contributed by atoms with Gasteiger partial charge < -0.3 is 10.2 Å². The van der Waals surface area contributed by atoms with E-state index in [1.54, 1.807) is 31.3 Å². The van der Waals surface area contributed by atoms with Crippen molar-refractivity contribution in [1.29, 1.82) is 0 Å². The number of hydrogen-bond donors (Lipinski definition) is 1. The van der Waals surface area contributed by atoms with E-state index >= 15 is 0 Å². The Hall–Kier alpha value is -3.06. The number of nitrogens with one attached hydrogen (secondary N) is 1. The predicted molar refractivity (Wildman–Crippen MR) is 98.6 cm³/mol. The van der Waals surface area contributed by atoms with Crippen molar-refractivity contribution in [2.45, 2.75) is 6.54 Å². The normalized spacial score (nSPS) is 10.4. The zero-order valence-corrected chi connectivity index (χ0v) is 14.4. The van der Waals surface area contributed by atoms with Crippen LogP contribution in [-0.2, 0) is 11.3 Å². The summed E-state index contributed by atoms with van der Waals surface area (Å²) in [6, 6.07) is 12.5. The number of nitrogens with zero attached hydrogens (tertiary/aromatic N) is 3. The number of hydrogen-bond acceptors (Lipinski definition) is 5. The summed E-state index contributed by atoms with van der Waals surface area (Å²) in [6.45, 7) is 3.83. The highest BCUT2D eigenvalue weighted by molar-refractivity contribution is 7.00. The lowest BCUT2D eigenvalue weighted by molar-refractivity contribution is -0.113. The predicted octanol–water partition coefficient (Wildman–Crippen LogP) is 2.77. The molecule has 2 aromatic carbocycles. The second-order valence-corrected chi connectivity index (χ2v) is 5.91. The van der Waals surface area contributed by atoms with E-state index in [1.165, 1.54) is 11.0 Å². The van der Waals surface area contributed by atoms with Crippen LogP contribution in [0, 0.1) is 0 Å². The van der Waals surface area contributed by atoms with Gasteiger partial charge in [0.2, 0.25) is 5.91 Å². The van der Waals surface area contributed by atoms with Crippen LogP contribution in [0.3, 0.4) is 0 Å². The Balaban J connectivity index is 1.68. The van der Waals surface area contributed by atoms with Gasteiger partial charge in [-0.05, 0) is 36.4 Å². The highest BCUT2D eigenvalue weighted by Gasteiger charge is 2.11. The number of anilines is 1. The number of fused-ring (bicyclic) bond motifs is 1. The molecule has 7 heteroatoms. The minimum Gasteiger partial charge on any atom is -0.348 e. The SMILES string of the molecule is C=CC(=O)N(C)c1ccc(C(=O)NCc2cccc3nsnc23)cc1. The standard InChI is InChI=1S/C18H16N4O2S/c1-3-16(23)22(2)14-9-7-12(8-10-14)18(24)19-11-13-5-4-6-15-17(13)21-25-20-15/h3-10H,1,11H2,2H3,(H,19,24). The first-order chi connectivity index (χ1) is 12.1. The van der Waals surface area contributed by atoms with Gasteiger partial charge in [0.05, 0.1) is 11.7 Å². The van der Waals surface area contributed by atoms with Gasteiger partial charge in [-0.25, -0.2) is 0 Å². The van der Waals surface area contributed by atoms with Gasteiger partial charge in [0.25, 0.3) is 5.91 Å². The lowest BCUT2D eigenvalue weighted by atomic mass is 10.1. The minimum atomic E-state index is -0.206. The van der Waals surface area contributed by atoms with E-state index in [1.807, 2.05) is 18.2 Å². The molecule has 0 atom stereocenters. The maximum absolute atomic E-state index is 12.3. The number of amides is 2. The molecule has 0 spiro atoms. The monoisotopic (exact) mass is 352 g/mol. The minimum absolute atomic E-state index is 0.190. The molecule has 1 heterocycles. The molecule has 0 fully saturated rings. The number of likely N-dealkylation sites (N-methyl/N-ethyl adjacent to an activating group) is 1. The summed E-state index contributed by atoms with van der Waals surface area (Å²) >= 11 is 1.15. The van der Waals surface area contributed by atoms with Crippen LogP contribution >= 0.6 is 11.7 Å². The zero-order chi connectivity index (χ0) is 17.8. The zero-order valence-electron chi connectivity index (χ0n) is 13.6. The third-order valence-electron chi connectivity index (χ3n) is 3.83. The summed E-state index contributed by atoms with van der Waals surface area (Å²) in [5, 5.41) is 2.88. The number of carbonyl (C=O) groups excluding carboxylic acids is 2.